The summed E-state index contributed by atoms with van der Waals surface area (Å²) in [5.41, 5.74) is 3.87. The molecule has 100 valence electrons. The second-order valence-corrected chi connectivity index (χ2v) is 6.67. The zero-order chi connectivity index (χ0) is 14.2. The van der Waals surface area contributed by atoms with Gasteiger partial charge in [-0.15, -0.1) is 0 Å². The van der Waals surface area contributed by atoms with Crippen molar-refractivity contribution in [3.63, 3.8) is 0 Å². The lowest BCUT2D eigenvalue weighted by molar-refractivity contribution is 0.218. The molecule has 0 aliphatic rings. The third kappa shape index (κ3) is 3.22. The lowest BCUT2D eigenvalue weighted by Gasteiger charge is -2.17. The monoisotopic (exact) mass is 402 g/mol. The zero-order valence-electron chi connectivity index (χ0n) is 10.5. The van der Waals surface area contributed by atoms with E-state index in [2.05, 4.69) is 31.9 Å². The molecule has 4 heteroatoms. The summed E-state index contributed by atoms with van der Waals surface area (Å²) in [5, 5.41) is 11.2. The summed E-state index contributed by atoms with van der Waals surface area (Å²) < 4.78 is 1.86. The summed E-state index contributed by atoms with van der Waals surface area (Å²) in [6.45, 7) is 4.00. The first-order chi connectivity index (χ1) is 8.90. The quantitative estimate of drug-likeness (QED) is 0.694. The van der Waals surface area contributed by atoms with E-state index >= 15 is 0 Å². The lowest BCUT2D eigenvalue weighted by Crippen LogP contribution is -2.03. The van der Waals surface area contributed by atoms with Crippen molar-refractivity contribution in [1.29, 1.82) is 0 Å². The van der Waals surface area contributed by atoms with Crippen LogP contribution in [0.15, 0.2) is 39.3 Å². The molecule has 0 aliphatic carbocycles. The molecule has 2 aromatic carbocycles. The van der Waals surface area contributed by atoms with Crippen LogP contribution in [0.25, 0.3) is 0 Å². The Balaban J connectivity index is 2.49. The van der Waals surface area contributed by atoms with Crippen LogP contribution < -0.4 is 0 Å². The summed E-state index contributed by atoms with van der Waals surface area (Å²) >= 11 is 12.9. The van der Waals surface area contributed by atoms with Gasteiger partial charge in [0.15, 0.2) is 0 Å². The number of aliphatic hydroxyl groups excluding tert-OH is 1. The molecule has 0 spiro atoms. The normalized spacial score (nSPS) is 12.5. The van der Waals surface area contributed by atoms with Crippen LogP contribution in [0, 0.1) is 13.8 Å². The van der Waals surface area contributed by atoms with E-state index in [4.69, 9.17) is 11.6 Å². The van der Waals surface area contributed by atoms with Crippen molar-refractivity contribution in [3.8, 4) is 0 Å². The fourth-order valence-corrected chi connectivity index (χ4v) is 3.35. The van der Waals surface area contributed by atoms with Crippen LogP contribution in [-0.4, -0.2) is 5.11 Å². The minimum absolute atomic E-state index is 0.645. The minimum Gasteiger partial charge on any atom is -0.384 e. The van der Waals surface area contributed by atoms with Gasteiger partial charge in [0, 0.05) is 14.0 Å². The van der Waals surface area contributed by atoms with E-state index in [0.717, 1.165) is 31.2 Å². The fraction of sp³-hybridized carbons (Fsp3) is 0.200. The summed E-state index contributed by atoms with van der Waals surface area (Å²) in [6.07, 6.45) is -0.668. The van der Waals surface area contributed by atoms with E-state index in [-0.39, 0.29) is 0 Å². The van der Waals surface area contributed by atoms with Crippen LogP contribution in [0.4, 0.5) is 0 Å². The van der Waals surface area contributed by atoms with Gasteiger partial charge in [-0.05, 0) is 54.3 Å². The van der Waals surface area contributed by atoms with Crippen molar-refractivity contribution in [2.24, 2.45) is 0 Å². The van der Waals surface area contributed by atoms with Gasteiger partial charge in [-0.2, -0.15) is 0 Å². The van der Waals surface area contributed by atoms with Crippen molar-refractivity contribution >= 4 is 43.5 Å². The molecule has 0 saturated heterocycles. The number of aliphatic hydroxyl groups is 1. The predicted octanol–water partition coefficient (Wildman–Crippen LogP) is 5.56. The third-order valence-corrected chi connectivity index (χ3v) is 4.88. The first kappa shape index (κ1) is 15.0. The first-order valence-electron chi connectivity index (χ1n) is 5.80. The molecule has 0 fully saturated rings. The molecule has 0 bridgehead atoms. The van der Waals surface area contributed by atoms with Crippen molar-refractivity contribution < 1.29 is 5.11 Å². The molecule has 1 N–H and O–H groups in total. The Morgan fingerprint density at radius 2 is 1.63 bits per heavy atom. The highest BCUT2D eigenvalue weighted by atomic mass is 79.9. The van der Waals surface area contributed by atoms with Crippen LogP contribution in [0.1, 0.15) is 28.4 Å². The van der Waals surface area contributed by atoms with Crippen LogP contribution in [-0.2, 0) is 0 Å². The largest absolute Gasteiger partial charge is 0.384 e. The molecule has 0 heterocycles. The maximum atomic E-state index is 10.6. The Morgan fingerprint density at radius 1 is 0.947 bits per heavy atom. The maximum Gasteiger partial charge on any atom is 0.105 e. The number of hydrogen-bond acceptors (Lipinski definition) is 1. The van der Waals surface area contributed by atoms with Gasteiger partial charge >= 0.3 is 0 Å². The average molecular weight is 405 g/mol. The van der Waals surface area contributed by atoms with E-state index in [0.29, 0.717) is 5.02 Å². The maximum absolute atomic E-state index is 10.6. The number of rotatable bonds is 2. The Kier molecular flexibility index (Phi) is 4.72. The Morgan fingerprint density at radius 3 is 2.26 bits per heavy atom. The highest BCUT2D eigenvalue weighted by Gasteiger charge is 2.17. The smallest absolute Gasteiger partial charge is 0.105 e. The van der Waals surface area contributed by atoms with Crippen molar-refractivity contribution in [2.45, 2.75) is 20.0 Å². The molecule has 0 radical (unpaired) electrons. The standard InChI is InChI=1S/C15H13Br2ClO/c1-8-6-13(16)9(2)5-12(8)15(19)11-4-3-10(18)7-14(11)17/h3-7,15,19H,1-2H3. The summed E-state index contributed by atoms with van der Waals surface area (Å²) in [4.78, 5) is 0. The zero-order valence-corrected chi connectivity index (χ0v) is 14.5. The summed E-state index contributed by atoms with van der Waals surface area (Å²) in [5.74, 6) is 0. The molecule has 19 heavy (non-hydrogen) atoms. The summed E-state index contributed by atoms with van der Waals surface area (Å²) in [6, 6.07) is 9.45. The van der Waals surface area contributed by atoms with Crippen LogP contribution in [0.5, 0.6) is 0 Å². The topological polar surface area (TPSA) is 20.2 Å². The van der Waals surface area contributed by atoms with Gasteiger partial charge in [-0.25, -0.2) is 0 Å². The molecular weight excluding hydrogens is 391 g/mol. The molecule has 0 aliphatic heterocycles. The molecule has 0 amide bonds. The third-order valence-electron chi connectivity index (χ3n) is 3.10. The molecule has 0 saturated carbocycles. The number of halogens is 3. The van der Waals surface area contributed by atoms with Crippen molar-refractivity contribution in [3.05, 3.63) is 66.6 Å². The van der Waals surface area contributed by atoms with Crippen LogP contribution in [0.2, 0.25) is 5.02 Å². The average Bonchev–Trinajstić information content (AvgIpc) is 2.33. The molecule has 0 aromatic heterocycles. The molecule has 2 rings (SSSR count). The van der Waals surface area contributed by atoms with E-state index in [9.17, 15) is 5.11 Å². The van der Waals surface area contributed by atoms with E-state index in [1.54, 1.807) is 12.1 Å². The fourth-order valence-electron chi connectivity index (χ4n) is 1.99. The van der Waals surface area contributed by atoms with Crippen LogP contribution >= 0.6 is 43.5 Å². The molecule has 1 atom stereocenters. The second-order valence-electron chi connectivity index (χ2n) is 4.53. The Bertz CT molecular complexity index is 626. The Labute approximate surface area is 134 Å². The molecular formula is C15H13Br2ClO. The molecule has 1 unspecified atom stereocenters. The van der Waals surface area contributed by atoms with Gasteiger partial charge in [0.1, 0.15) is 6.10 Å². The summed E-state index contributed by atoms with van der Waals surface area (Å²) in [7, 11) is 0. The predicted molar refractivity (Wildman–Crippen MR) is 86.8 cm³/mol. The molecule has 2 aromatic rings. The van der Waals surface area contributed by atoms with E-state index in [1.165, 1.54) is 0 Å². The Hall–Kier alpha value is -0.350. The lowest BCUT2D eigenvalue weighted by atomic mass is 9.96. The van der Waals surface area contributed by atoms with E-state index in [1.807, 2.05) is 32.0 Å². The number of benzene rings is 2. The van der Waals surface area contributed by atoms with Gasteiger partial charge in [-0.1, -0.05) is 55.6 Å². The first-order valence-corrected chi connectivity index (χ1v) is 7.76. The number of aryl methyl sites for hydroxylation is 2. The van der Waals surface area contributed by atoms with Gasteiger partial charge in [-0.3, -0.25) is 0 Å². The van der Waals surface area contributed by atoms with E-state index < -0.39 is 6.10 Å². The van der Waals surface area contributed by atoms with Crippen LogP contribution in [0.3, 0.4) is 0 Å². The van der Waals surface area contributed by atoms with Gasteiger partial charge in [0.25, 0.3) is 0 Å². The van der Waals surface area contributed by atoms with Gasteiger partial charge < -0.3 is 5.11 Å². The highest BCUT2D eigenvalue weighted by Crippen LogP contribution is 2.33. The van der Waals surface area contributed by atoms with Gasteiger partial charge in [0.05, 0.1) is 0 Å². The van der Waals surface area contributed by atoms with Gasteiger partial charge in [0.2, 0.25) is 0 Å². The second kappa shape index (κ2) is 5.96. The van der Waals surface area contributed by atoms with Crippen molar-refractivity contribution in [2.75, 3.05) is 0 Å². The highest BCUT2D eigenvalue weighted by molar-refractivity contribution is 9.10. The SMILES string of the molecule is Cc1cc(C(O)c2ccc(Cl)cc2Br)c(C)cc1Br. The molecule has 1 nitrogen and oxygen atoms in total. The van der Waals surface area contributed by atoms with Crippen molar-refractivity contribution in [1.82, 2.24) is 0 Å². The minimum atomic E-state index is -0.668. The number of hydrogen-bond donors (Lipinski definition) is 1.